The zero-order valence-electron chi connectivity index (χ0n) is 11.4. The van der Waals surface area contributed by atoms with Gasteiger partial charge in [-0.2, -0.15) is 0 Å². The highest BCUT2D eigenvalue weighted by atomic mass is 19.1. The first-order valence-electron chi connectivity index (χ1n) is 6.78. The largest absolute Gasteiger partial charge is 0.480 e. The maximum atomic E-state index is 13.6. The van der Waals surface area contributed by atoms with Crippen LogP contribution < -0.4 is 0 Å². The molecule has 1 aromatic carbocycles. The van der Waals surface area contributed by atoms with Gasteiger partial charge in [0.05, 0.1) is 0 Å². The van der Waals surface area contributed by atoms with Crippen molar-refractivity contribution < 1.29 is 19.1 Å². The van der Waals surface area contributed by atoms with Gasteiger partial charge in [-0.15, -0.1) is 0 Å². The molecule has 1 N–H and O–H groups in total. The summed E-state index contributed by atoms with van der Waals surface area (Å²) in [4.78, 5) is 24.7. The zero-order chi connectivity index (χ0) is 14.7. The third kappa shape index (κ3) is 3.15. The minimum Gasteiger partial charge on any atom is -0.480 e. The number of carbonyl (C=O) groups excluding carboxylic acids is 1. The average Bonchev–Trinajstić information content (AvgIpc) is 2.92. The fourth-order valence-corrected chi connectivity index (χ4v) is 2.62. The highest BCUT2D eigenvalue weighted by Crippen LogP contribution is 2.25. The van der Waals surface area contributed by atoms with Crippen LogP contribution in [0.5, 0.6) is 0 Å². The Morgan fingerprint density at radius 1 is 1.35 bits per heavy atom. The molecule has 0 bridgehead atoms. The summed E-state index contributed by atoms with van der Waals surface area (Å²) >= 11 is 0. The Morgan fingerprint density at radius 2 is 2.00 bits per heavy atom. The van der Waals surface area contributed by atoms with Crippen molar-refractivity contribution in [3.05, 3.63) is 35.1 Å². The lowest BCUT2D eigenvalue weighted by atomic mass is 10.1. The molecule has 0 spiro atoms. The van der Waals surface area contributed by atoms with E-state index in [1.165, 1.54) is 17.0 Å². The van der Waals surface area contributed by atoms with Gasteiger partial charge in [0.2, 0.25) is 0 Å². The van der Waals surface area contributed by atoms with E-state index in [2.05, 4.69) is 0 Å². The first-order valence-corrected chi connectivity index (χ1v) is 6.78. The van der Waals surface area contributed by atoms with Crippen molar-refractivity contribution in [3.63, 3.8) is 0 Å². The summed E-state index contributed by atoms with van der Waals surface area (Å²) in [6.45, 7) is 1.29. The second kappa shape index (κ2) is 6.03. The molecule has 1 aliphatic rings. The molecule has 1 aromatic rings. The summed E-state index contributed by atoms with van der Waals surface area (Å²) in [5, 5.41) is 8.97. The van der Waals surface area contributed by atoms with E-state index in [1.807, 2.05) is 0 Å². The Bertz CT molecular complexity index is 524. The quantitative estimate of drug-likeness (QED) is 0.921. The molecule has 0 radical (unpaired) electrons. The standard InChI is InChI=1S/C15H18FNO3/c1-10-6-7-11(8-13(10)16)15(20)17(9-14(18)19)12-4-2-3-5-12/h6-8,12H,2-5,9H2,1H3,(H,18,19). The molecule has 2 rings (SSSR count). The molecular weight excluding hydrogens is 261 g/mol. The lowest BCUT2D eigenvalue weighted by Crippen LogP contribution is -2.42. The molecular formula is C15H18FNO3. The number of rotatable bonds is 4. The maximum Gasteiger partial charge on any atom is 0.323 e. The van der Waals surface area contributed by atoms with Crippen molar-refractivity contribution in [1.29, 1.82) is 0 Å². The van der Waals surface area contributed by atoms with E-state index < -0.39 is 17.7 Å². The highest BCUT2D eigenvalue weighted by Gasteiger charge is 2.29. The van der Waals surface area contributed by atoms with Crippen LogP contribution in [-0.2, 0) is 4.79 Å². The number of benzene rings is 1. The van der Waals surface area contributed by atoms with Crippen LogP contribution >= 0.6 is 0 Å². The lowest BCUT2D eigenvalue weighted by Gasteiger charge is -2.27. The van der Waals surface area contributed by atoms with Crippen molar-refractivity contribution in [2.75, 3.05) is 6.54 Å². The average molecular weight is 279 g/mol. The first kappa shape index (κ1) is 14.5. The van der Waals surface area contributed by atoms with Crippen LogP contribution in [0.4, 0.5) is 4.39 Å². The van der Waals surface area contributed by atoms with Crippen molar-refractivity contribution in [2.24, 2.45) is 0 Å². The molecule has 0 saturated heterocycles. The number of halogens is 1. The SMILES string of the molecule is Cc1ccc(C(=O)N(CC(=O)O)C2CCCC2)cc1F. The van der Waals surface area contributed by atoms with Crippen LogP contribution in [0.15, 0.2) is 18.2 Å². The molecule has 1 fully saturated rings. The maximum absolute atomic E-state index is 13.6. The van der Waals surface area contributed by atoms with Crippen LogP contribution in [0.1, 0.15) is 41.6 Å². The van der Waals surface area contributed by atoms with Gasteiger partial charge in [-0.1, -0.05) is 18.9 Å². The van der Waals surface area contributed by atoms with Gasteiger partial charge in [0.15, 0.2) is 0 Å². The molecule has 0 heterocycles. The topological polar surface area (TPSA) is 57.6 Å². The summed E-state index contributed by atoms with van der Waals surface area (Å²) < 4.78 is 13.6. The van der Waals surface area contributed by atoms with Gasteiger partial charge in [0.25, 0.3) is 5.91 Å². The second-order valence-electron chi connectivity index (χ2n) is 5.23. The van der Waals surface area contributed by atoms with Gasteiger partial charge >= 0.3 is 5.97 Å². The van der Waals surface area contributed by atoms with Crippen molar-refractivity contribution >= 4 is 11.9 Å². The number of hydrogen-bond donors (Lipinski definition) is 1. The molecule has 1 saturated carbocycles. The number of aryl methyl sites for hydroxylation is 1. The fraction of sp³-hybridized carbons (Fsp3) is 0.467. The summed E-state index contributed by atoms with van der Waals surface area (Å²) in [6, 6.07) is 4.21. The van der Waals surface area contributed by atoms with E-state index in [0.29, 0.717) is 5.56 Å². The number of hydrogen-bond acceptors (Lipinski definition) is 2. The smallest absolute Gasteiger partial charge is 0.323 e. The highest BCUT2D eigenvalue weighted by molar-refractivity contribution is 5.96. The predicted molar refractivity (Wildman–Crippen MR) is 72.1 cm³/mol. The van der Waals surface area contributed by atoms with E-state index in [9.17, 15) is 14.0 Å². The number of carbonyl (C=O) groups is 2. The minimum absolute atomic E-state index is 0.0528. The number of aliphatic carboxylic acids is 1. The van der Waals surface area contributed by atoms with Crippen LogP contribution in [-0.4, -0.2) is 34.5 Å². The molecule has 0 atom stereocenters. The molecule has 5 heteroatoms. The van der Waals surface area contributed by atoms with E-state index in [4.69, 9.17) is 5.11 Å². The third-order valence-corrected chi connectivity index (χ3v) is 3.75. The van der Waals surface area contributed by atoms with E-state index >= 15 is 0 Å². The van der Waals surface area contributed by atoms with E-state index in [0.717, 1.165) is 25.7 Å². The lowest BCUT2D eigenvalue weighted by molar-refractivity contribution is -0.138. The van der Waals surface area contributed by atoms with Gasteiger partial charge in [0.1, 0.15) is 12.4 Å². The van der Waals surface area contributed by atoms with Gasteiger partial charge in [-0.05, 0) is 37.5 Å². The van der Waals surface area contributed by atoms with Gasteiger partial charge < -0.3 is 10.0 Å². The molecule has 0 aromatic heterocycles. The Kier molecular flexibility index (Phi) is 4.37. The Labute approximate surface area is 117 Å². The number of amides is 1. The Morgan fingerprint density at radius 3 is 2.55 bits per heavy atom. The van der Waals surface area contributed by atoms with Gasteiger partial charge in [0, 0.05) is 11.6 Å². The first-order chi connectivity index (χ1) is 9.49. The Balaban J connectivity index is 2.24. The van der Waals surface area contributed by atoms with Crippen molar-refractivity contribution in [2.45, 2.75) is 38.6 Å². The van der Waals surface area contributed by atoms with Crippen LogP contribution in [0, 0.1) is 12.7 Å². The molecule has 0 aliphatic heterocycles. The van der Waals surface area contributed by atoms with Gasteiger partial charge in [-0.25, -0.2) is 4.39 Å². The summed E-state index contributed by atoms with van der Waals surface area (Å²) in [5.74, 6) is -1.89. The number of nitrogens with zero attached hydrogens (tertiary/aromatic N) is 1. The predicted octanol–water partition coefficient (Wildman–Crippen LogP) is 2.60. The van der Waals surface area contributed by atoms with Gasteiger partial charge in [-0.3, -0.25) is 9.59 Å². The normalized spacial score (nSPS) is 15.3. The van der Waals surface area contributed by atoms with Crippen molar-refractivity contribution in [3.8, 4) is 0 Å². The van der Waals surface area contributed by atoms with Crippen LogP contribution in [0.3, 0.4) is 0 Å². The van der Waals surface area contributed by atoms with E-state index in [-0.39, 0.29) is 18.2 Å². The minimum atomic E-state index is -1.04. The third-order valence-electron chi connectivity index (χ3n) is 3.75. The number of carboxylic acids is 1. The molecule has 1 amide bonds. The number of carboxylic acid groups (broad SMARTS) is 1. The zero-order valence-corrected chi connectivity index (χ0v) is 11.4. The summed E-state index contributed by atoms with van der Waals surface area (Å²) in [7, 11) is 0. The molecule has 1 aliphatic carbocycles. The molecule has 0 unspecified atom stereocenters. The van der Waals surface area contributed by atoms with Crippen LogP contribution in [0.25, 0.3) is 0 Å². The van der Waals surface area contributed by atoms with Crippen LogP contribution in [0.2, 0.25) is 0 Å². The fourth-order valence-electron chi connectivity index (χ4n) is 2.62. The molecule has 20 heavy (non-hydrogen) atoms. The second-order valence-corrected chi connectivity index (χ2v) is 5.23. The monoisotopic (exact) mass is 279 g/mol. The summed E-state index contributed by atoms with van der Waals surface area (Å²) in [5.41, 5.74) is 0.674. The van der Waals surface area contributed by atoms with E-state index in [1.54, 1.807) is 13.0 Å². The summed E-state index contributed by atoms with van der Waals surface area (Å²) in [6.07, 6.45) is 3.62. The van der Waals surface area contributed by atoms with Crippen molar-refractivity contribution in [1.82, 2.24) is 4.90 Å². The Hall–Kier alpha value is -1.91. The molecule has 108 valence electrons. The molecule has 4 nitrogen and oxygen atoms in total.